The third-order valence-corrected chi connectivity index (χ3v) is 8.93. The van der Waals surface area contributed by atoms with Gasteiger partial charge in [0.15, 0.2) is 16.7 Å². The van der Waals surface area contributed by atoms with E-state index in [1.807, 2.05) is 25.1 Å². The molecule has 2 aromatic carbocycles. The van der Waals surface area contributed by atoms with Crippen LogP contribution in [0.25, 0.3) is 6.08 Å². The van der Waals surface area contributed by atoms with Crippen molar-refractivity contribution in [1.82, 2.24) is 4.90 Å². The first kappa shape index (κ1) is 30.8. The first-order valence-electron chi connectivity index (χ1n) is 13.8. The molecule has 1 heterocycles. The van der Waals surface area contributed by atoms with Crippen LogP contribution in [0.1, 0.15) is 76.8 Å². The molecule has 1 aliphatic heterocycles. The molecule has 1 aliphatic rings. The quantitative estimate of drug-likeness (QED) is 0.168. The predicted molar refractivity (Wildman–Crippen MR) is 160 cm³/mol. The highest BCUT2D eigenvalue weighted by Crippen LogP contribution is 2.35. The molecule has 3 rings (SSSR count). The van der Waals surface area contributed by atoms with Crippen LogP contribution in [0, 0.1) is 0 Å². The van der Waals surface area contributed by atoms with Crippen molar-refractivity contribution in [1.29, 1.82) is 0 Å². The Morgan fingerprint density at radius 1 is 0.923 bits per heavy atom. The highest BCUT2D eigenvalue weighted by atomic mass is 32.2. The summed E-state index contributed by atoms with van der Waals surface area (Å²) in [4.78, 5) is 15.0. The molecule has 0 aromatic heterocycles. The van der Waals surface area contributed by atoms with E-state index in [0.29, 0.717) is 29.6 Å². The molecule has 1 saturated heterocycles. The average molecular weight is 573 g/mol. The van der Waals surface area contributed by atoms with Crippen molar-refractivity contribution < 1.29 is 22.7 Å². The molecule has 0 atom stereocenters. The molecule has 39 heavy (non-hydrogen) atoms. The summed E-state index contributed by atoms with van der Waals surface area (Å²) in [7, 11) is -2.36. The van der Waals surface area contributed by atoms with Gasteiger partial charge in [-0.15, -0.1) is 4.40 Å². The number of sulfonamides is 1. The normalized spacial score (nSPS) is 15.9. The van der Waals surface area contributed by atoms with Crippen molar-refractivity contribution in [3.05, 3.63) is 58.5 Å². The minimum Gasteiger partial charge on any atom is -0.493 e. The van der Waals surface area contributed by atoms with E-state index in [4.69, 9.17) is 9.47 Å². The molecule has 9 heteroatoms. The fourth-order valence-electron chi connectivity index (χ4n) is 4.20. The van der Waals surface area contributed by atoms with E-state index in [9.17, 15) is 13.2 Å². The summed E-state index contributed by atoms with van der Waals surface area (Å²) < 4.78 is 41.4. The molecule has 0 aliphatic carbocycles. The zero-order valence-electron chi connectivity index (χ0n) is 23.4. The summed E-state index contributed by atoms with van der Waals surface area (Å²) >= 11 is 1.06. The second-order valence-corrected chi connectivity index (χ2v) is 12.0. The third-order valence-electron chi connectivity index (χ3n) is 6.52. The van der Waals surface area contributed by atoms with E-state index in [1.165, 1.54) is 37.0 Å². The van der Waals surface area contributed by atoms with Crippen molar-refractivity contribution in [2.24, 2.45) is 4.40 Å². The highest BCUT2D eigenvalue weighted by molar-refractivity contribution is 8.19. The fourth-order valence-corrected chi connectivity index (χ4v) is 6.44. The van der Waals surface area contributed by atoms with Gasteiger partial charge in [0.05, 0.1) is 23.5 Å². The number of methoxy groups -OCH3 is 1. The van der Waals surface area contributed by atoms with Crippen molar-refractivity contribution in [3.8, 4) is 11.5 Å². The lowest BCUT2D eigenvalue weighted by molar-refractivity contribution is -0.122. The van der Waals surface area contributed by atoms with Crippen LogP contribution in [0.5, 0.6) is 11.5 Å². The second-order valence-electron chi connectivity index (χ2n) is 9.39. The second kappa shape index (κ2) is 15.1. The molecule has 0 N–H and O–H groups in total. The Labute approximate surface area is 237 Å². The van der Waals surface area contributed by atoms with Crippen LogP contribution in [-0.2, 0) is 21.2 Å². The summed E-state index contributed by atoms with van der Waals surface area (Å²) in [5, 5.41) is 0.150. The molecule has 0 unspecified atom stereocenters. The number of carbonyl (C=O) groups excluding carboxylic acids is 1. The Morgan fingerprint density at radius 3 is 2.26 bits per heavy atom. The summed E-state index contributed by atoms with van der Waals surface area (Å²) in [5.41, 5.74) is 1.80. The smallest absolute Gasteiger partial charge is 0.284 e. The van der Waals surface area contributed by atoms with Gasteiger partial charge in [-0.3, -0.25) is 9.69 Å². The van der Waals surface area contributed by atoms with Crippen molar-refractivity contribution in [3.63, 3.8) is 0 Å². The Balaban J connectivity index is 1.73. The van der Waals surface area contributed by atoms with Gasteiger partial charge < -0.3 is 9.47 Å². The van der Waals surface area contributed by atoms with Gasteiger partial charge in [-0.2, -0.15) is 8.42 Å². The summed E-state index contributed by atoms with van der Waals surface area (Å²) in [6.45, 7) is 6.92. The van der Waals surface area contributed by atoms with E-state index >= 15 is 0 Å². The molecule has 0 radical (unpaired) electrons. The Bertz CT molecular complexity index is 1270. The van der Waals surface area contributed by atoms with Crippen LogP contribution >= 0.6 is 11.8 Å². The van der Waals surface area contributed by atoms with Crippen LogP contribution in [0.2, 0.25) is 0 Å². The number of nitrogens with zero attached hydrogens (tertiary/aromatic N) is 2. The van der Waals surface area contributed by atoms with Gasteiger partial charge in [0, 0.05) is 6.54 Å². The van der Waals surface area contributed by atoms with Gasteiger partial charge in [0.1, 0.15) is 0 Å². The Morgan fingerprint density at radius 2 is 1.62 bits per heavy atom. The van der Waals surface area contributed by atoms with E-state index in [1.54, 1.807) is 44.4 Å². The molecule has 1 amide bonds. The zero-order valence-corrected chi connectivity index (χ0v) is 25.1. The van der Waals surface area contributed by atoms with E-state index in [2.05, 4.69) is 11.3 Å². The molecule has 0 bridgehead atoms. The topological polar surface area (TPSA) is 85.3 Å². The van der Waals surface area contributed by atoms with E-state index in [0.717, 1.165) is 42.2 Å². The first-order valence-corrected chi connectivity index (χ1v) is 16.0. The van der Waals surface area contributed by atoms with Crippen LogP contribution in [0.4, 0.5) is 0 Å². The Kier molecular flexibility index (Phi) is 11.9. The molecular formula is C30H40N2O5S2. The number of likely N-dealkylation sites (N-methyl/N-ethyl adjacent to an activating group) is 1. The number of benzene rings is 2. The van der Waals surface area contributed by atoms with E-state index < -0.39 is 10.0 Å². The molecule has 7 nitrogen and oxygen atoms in total. The van der Waals surface area contributed by atoms with Crippen LogP contribution < -0.4 is 9.47 Å². The number of carbonyl (C=O) groups is 1. The summed E-state index contributed by atoms with van der Waals surface area (Å²) in [6, 6.07) is 12.2. The maximum Gasteiger partial charge on any atom is 0.284 e. The zero-order chi connectivity index (χ0) is 28.3. The number of unbranched alkanes of at least 4 members (excludes halogenated alkanes) is 6. The number of amides is 1. The number of rotatable bonds is 15. The lowest BCUT2D eigenvalue weighted by Crippen LogP contribution is -2.29. The largest absolute Gasteiger partial charge is 0.493 e. The van der Waals surface area contributed by atoms with Gasteiger partial charge in [0.2, 0.25) is 0 Å². The van der Waals surface area contributed by atoms with Gasteiger partial charge >= 0.3 is 0 Å². The molecule has 0 saturated carbocycles. The van der Waals surface area contributed by atoms with E-state index in [-0.39, 0.29) is 16.0 Å². The maximum absolute atomic E-state index is 13.1. The van der Waals surface area contributed by atoms with Crippen molar-refractivity contribution in [2.45, 2.75) is 77.0 Å². The minimum atomic E-state index is -3.96. The average Bonchev–Trinajstić information content (AvgIpc) is 3.22. The van der Waals surface area contributed by atoms with Gasteiger partial charge in [0.25, 0.3) is 15.9 Å². The number of aryl methyl sites for hydroxylation is 1. The third kappa shape index (κ3) is 8.60. The SMILES string of the molecule is CCCCCCCCCOc1cc(/C=C2\S/C(=N/S(=O)(=O)c3ccc(CC)cc3)N(CC)C2=O)ccc1OC. The van der Waals surface area contributed by atoms with Gasteiger partial charge in [-0.05, 0) is 73.0 Å². The standard InChI is InChI=1S/C30H40N2O5S2/c1-5-8-9-10-11-12-13-20-37-27-21-24(16-19-26(27)36-4)22-28-29(33)32(7-3)30(38-28)31-39(34,35)25-17-14-23(6-2)15-18-25/h14-19,21-22H,5-13,20H2,1-4H3/b28-22-,31-30+. The number of hydrogen-bond acceptors (Lipinski definition) is 6. The van der Waals surface area contributed by atoms with Gasteiger partial charge in [-0.1, -0.05) is 70.6 Å². The first-order chi connectivity index (χ1) is 18.8. The van der Waals surface area contributed by atoms with Crippen LogP contribution in [0.3, 0.4) is 0 Å². The molecular weight excluding hydrogens is 532 g/mol. The van der Waals surface area contributed by atoms with Crippen LogP contribution in [-0.4, -0.2) is 44.7 Å². The number of hydrogen-bond donors (Lipinski definition) is 0. The lowest BCUT2D eigenvalue weighted by atomic mass is 10.1. The predicted octanol–water partition coefficient (Wildman–Crippen LogP) is 7.07. The lowest BCUT2D eigenvalue weighted by Gasteiger charge is -2.12. The number of thioether (sulfide) groups is 1. The monoisotopic (exact) mass is 572 g/mol. The molecule has 1 fully saturated rings. The van der Waals surface area contributed by atoms with Crippen molar-refractivity contribution in [2.75, 3.05) is 20.3 Å². The summed E-state index contributed by atoms with van der Waals surface area (Å²) in [5.74, 6) is 0.967. The van der Waals surface area contributed by atoms with Crippen molar-refractivity contribution >= 4 is 38.9 Å². The molecule has 2 aromatic rings. The minimum absolute atomic E-state index is 0.103. The highest BCUT2D eigenvalue weighted by Gasteiger charge is 2.34. The summed E-state index contributed by atoms with van der Waals surface area (Å²) in [6.07, 6.45) is 11.0. The molecule has 0 spiro atoms. The Hall–Kier alpha value is -2.78. The van der Waals surface area contributed by atoms with Gasteiger partial charge in [-0.25, -0.2) is 0 Å². The molecule has 212 valence electrons. The number of amidine groups is 1. The van der Waals surface area contributed by atoms with Crippen LogP contribution in [0.15, 0.2) is 56.7 Å². The fraction of sp³-hybridized carbons (Fsp3) is 0.467. The number of ether oxygens (including phenoxy) is 2. The maximum atomic E-state index is 13.1.